The quantitative estimate of drug-likeness (QED) is 0.0796. The van der Waals surface area contributed by atoms with Crippen LogP contribution in [0, 0.1) is 11.8 Å². The summed E-state index contributed by atoms with van der Waals surface area (Å²) in [7, 11) is -8.63. The van der Waals surface area contributed by atoms with Crippen LogP contribution in [0.2, 0.25) is 0 Å². The van der Waals surface area contributed by atoms with E-state index in [-0.39, 0.29) is 47.5 Å². The number of rotatable bonds is 20. The fourth-order valence-electron chi connectivity index (χ4n) is 5.27. The number of benzene rings is 2. The molecule has 0 aromatic heterocycles. The predicted molar refractivity (Wildman–Crippen MR) is 176 cm³/mol. The molecule has 0 heterocycles. The molecule has 0 aliphatic carbocycles. The van der Waals surface area contributed by atoms with Crippen molar-refractivity contribution in [2.45, 2.75) is 140 Å². The summed E-state index contributed by atoms with van der Waals surface area (Å²) < 4.78 is 65.0. The van der Waals surface area contributed by atoms with Crippen LogP contribution in [0.25, 0.3) is 0 Å². The van der Waals surface area contributed by atoms with Crippen molar-refractivity contribution in [1.29, 1.82) is 0 Å². The van der Waals surface area contributed by atoms with Gasteiger partial charge in [0.15, 0.2) is 0 Å². The third kappa shape index (κ3) is 19.6. The maximum atomic E-state index is 10.8. The molecule has 0 unspecified atom stereocenters. The van der Waals surface area contributed by atoms with Gasteiger partial charge in [-0.15, -0.1) is 0 Å². The Labute approximate surface area is 293 Å². The monoisotopic (exact) mass is 662 g/mol. The zero-order chi connectivity index (χ0) is 31.4. The fourth-order valence-corrected chi connectivity index (χ4v) is 6.21. The second-order valence-corrected chi connectivity index (χ2v) is 14.2. The Morgan fingerprint density at radius 2 is 0.767 bits per heavy atom. The van der Waals surface area contributed by atoms with Gasteiger partial charge in [-0.1, -0.05) is 129 Å². The van der Waals surface area contributed by atoms with Crippen LogP contribution >= 0.6 is 0 Å². The number of aryl methyl sites for hydroxylation is 2. The Morgan fingerprint density at radius 1 is 0.488 bits per heavy atom. The maximum absolute atomic E-state index is 10.8. The molecule has 0 saturated heterocycles. The predicted octanol–water partition coefficient (Wildman–Crippen LogP) is 8.66. The topological polar surface area (TPSA) is 114 Å². The van der Waals surface area contributed by atoms with Crippen LogP contribution < -0.4 is 0 Å². The smallest absolute Gasteiger partial charge is 0.744 e. The molecule has 240 valence electrons. The first-order valence-corrected chi connectivity index (χ1v) is 18.9. The van der Waals surface area contributed by atoms with E-state index in [1.54, 1.807) is 24.3 Å². The van der Waals surface area contributed by atoms with E-state index in [4.69, 9.17) is 0 Å². The van der Waals surface area contributed by atoms with Crippen LogP contribution in [0.4, 0.5) is 0 Å². The summed E-state index contributed by atoms with van der Waals surface area (Å²) in [6, 6.07) is 12.6. The molecule has 0 aliphatic heterocycles. The second-order valence-electron chi connectivity index (χ2n) is 11.5. The van der Waals surface area contributed by atoms with E-state index in [0.717, 1.165) is 48.6 Å². The summed E-state index contributed by atoms with van der Waals surface area (Å²) in [5.41, 5.74) is 2.20. The average molecular weight is 663 g/mol. The number of hydrogen-bond donors (Lipinski definition) is 0. The van der Waals surface area contributed by atoms with Crippen molar-refractivity contribution in [1.82, 2.24) is 0 Å². The molecule has 2 aromatic rings. The molecule has 6 nitrogen and oxygen atoms in total. The SMILES string of the molecule is CCC(CC)CCCCCCc1ccc(S(=O)(=O)[O-])cc1.CCC(CC)CCCCCCc1ccc(S(=O)(=O)[O-])cc1.[Ca+2]. The first-order chi connectivity index (χ1) is 19.9. The van der Waals surface area contributed by atoms with Crippen LogP contribution in [0.15, 0.2) is 58.3 Å². The van der Waals surface area contributed by atoms with Gasteiger partial charge in [-0.05, 0) is 72.9 Å². The van der Waals surface area contributed by atoms with E-state index in [0.29, 0.717) is 0 Å². The van der Waals surface area contributed by atoms with Gasteiger partial charge in [-0.25, -0.2) is 16.8 Å². The average Bonchev–Trinajstić information content (AvgIpc) is 2.96. The zero-order valence-electron chi connectivity index (χ0n) is 27.1. The van der Waals surface area contributed by atoms with Crippen molar-refractivity contribution in [2.24, 2.45) is 11.8 Å². The maximum Gasteiger partial charge on any atom is 2.00 e. The first kappa shape index (κ1) is 42.5. The summed E-state index contributed by atoms with van der Waals surface area (Å²) >= 11 is 0. The van der Waals surface area contributed by atoms with E-state index in [1.165, 1.54) is 101 Å². The van der Waals surface area contributed by atoms with Crippen molar-refractivity contribution in [3.05, 3.63) is 59.7 Å². The second kappa shape index (κ2) is 23.8. The van der Waals surface area contributed by atoms with Gasteiger partial charge in [0.05, 0.1) is 9.79 Å². The first-order valence-electron chi connectivity index (χ1n) is 16.0. The van der Waals surface area contributed by atoms with Crippen molar-refractivity contribution in [2.75, 3.05) is 0 Å². The summed E-state index contributed by atoms with van der Waals surface area (Å²) in [4.78, 5) is -0.284. The van der Waals surface area contributed by atoms with Crippen LogP contribution in [0.1, 0.15) is 129 Å². The van der Waals surface area contributed by atoms with Gasteiger partial charge < -0.3 is 9.11 Å². The van der Waals surface area contributed by atoms with Gasteiger partial charge in [-0.3, -0.25) is 0 Å². The number of hydrogen-bond acceptors (Lipinski definition) is 6. The van der Waals surface area contributed by atoms with E-state index in [2.05, 4.69) is 27.7 Å². The standard InChI is InChI=1S/2C17H28O3S.Ca/c2*1-3-15(4-2)9-7-5-6-8-10-16-11-13-17(14-12-16)21(18,19)20;/h2*11-15H,3-10H2,1-2H3,(H,18,19,20);/q;;+2/p-2. The van der Waals surface area contributed by atoms with E-state index in [9.17, 15) is 25.9 Å². The van der Waals surface area contributed by atoms with Gasteiger partial charge in [0.2, 0.25) is 0 Å². The Morgan fingerprint density at radius 3 is 1.02 bits per heavy atom. The molecule has 0 saturated carbocycles. The Hall–Kier alpha value is -0.480. The Bertz CT molecular complexity index is 1080. The summed E-state index contributed by atoms with van der Waals surface area (Å²) in [6.45, 7) is 9.06. The molecular formula is C34H54CaO6S2. The molecule has 0 bridgehead atoms. The van der Waals surface area contributed by atoms with Gasteiger partial charge >= 0.3 is 37.7 Å². The third-order valence-corrected chi connectivity index (χ3v) is 10.1. The Balaban J connectivity index is 0.000000802. The summed E-state index contributed by atoms with van der Waals surface area (Å²) in [5, 5.41) is 0. The van der Waals surface area contributed by atoms with Crippen LogP contribution in [-0.2, 0) is 33.1 Å². The van der Waals surface area contributed by atoms with Gasteiger partial charge in [0, 0.05) is 0 Å². The van der Waals surface area contributed by atoms with Crippen molar-refractivity contribution < 1.29 is 25.9 Å². The van der Waals surface area contributed by atoms with E-state index < -0.39 is 20.2 Å². The third-order valence-electron chi connectivity index (χ3n) is 8.39. The van der Waals surface area contributed by atoms with E-state index >= 15 is 0 Å². The minimum atomic E-state index is -4.32. The normalized spacial score (nSPS) is 11.7. The molecule has 0 spiro atoms. The van der Waals surface area contributed by atoms with Gasteiger partial charge in [0.1, 0.15) is 20.2 Å². The molecule has 2 rings (SSSR count). The molecule has 2 aromatic carbocycles. The fraction of sp³-hybridized carbons (Fsp3) is 0.647. The molecular weight excluding hydrogens is 609 g/mol. The molecule has 0 radical (unpaired) electrons. The zero-order valence-corrected chi connectivity index (χ0v) is 30.9. The summed E-state index contributed by atoms with van der Waals surface area (Å²) in [5.74, 6) is 1.76. The molecule has 43 heavy (non-hydrogen) atoms. The van der Waals surface area contributed by atoms with Crippen molar-refractivity contribution in [3.8, 4) is 0 Å². The van der Waals surface area contributed by atoms with Gasteiger partial charge in [-0.2, -0.15) is 0 Å². The largest absolute Gasteiger partial charge is 2.00 e. The molecule has 9 heteroatoms. The molecule has 0 atom stereocenters. The van der Waals surface area contributed by atoms with E-state index in [1.807, 2.05) is 0 Å². The van der Waals surface area contributed by atoms with Crippen LogP contribution in [-0.4, -0.2) is 63.7 Å². The molecule has 0 amide bonds. The molecule has 0 aliphatic rings. The number of unbranched alkanes of at least 4 members (excludes halogenated alkanes) is 6. The van der Waals surface area contributed by atoms with Crippen LogP contribution in [0.5, 0.6) is 0 Å². The Kier molecular flexibility index (Phi) is 23.5. The van der Waals surface area contributed by atoms with Crippen molar-refractivity contribution in [3.63, 3.8) is 0 Å². The van der Waals surface area contributed by atoms with Crippen molar-refractivity contribution >= 4 is 58.0 Å². The summed E-state index contributed by atoms with van der Waals surface area (Å²) in [6.07, 6.45) is 19.5. The van der Waals surface area contributed by atoms with Crippen LogP contribution in [0.3, 0.4) is 0 Å². The van der Waals surface area contributed by atoms with Gasteiger partial charge in [0.25, 0.3) is 0 Å². The minimum absolute atomic E-state index is 0. The minimum Gasteiger partial charge on any atom is -0.744 e. The molecule has 0 fully saturated rings. The molecule has 0 N–H and O–H groups in total.